The molecule has 2 heterocycles. The van der Waals surface area contributed by atoms with Crippen molar-refractivity contribution in [3.63, 3.8) is 0 Å². The van der Waals surface area contributed by atoms with Crippen molar-refractivity contribution in [3.05, 3.63) is 22.4 Å². The van der Waals surface area contributed by atoms with Crippen molar-refractivity contribution in [2.45, 2.75) is 9.24 Å². The van der Waals surface area contributed by atoms with Crippen molar-refractivity contribution in [3.8, 4) is 0 Å². The highest BCUT2D eigenvalue weighted by molar-refractivity contribution is 8.01. The number of thiazole rings is 1. The highest BCUT2D eigenvalue weighted by Crippen LogP contribution is 2.34. The lowest BCUT2D eigenvalue weighted by Gasteiger charge is -1.92. The number of ether oxygens (including phenoxy) is 1. The van der Waals surface area contributed by atoms with Gasteiger partial charge in [-0.25, -0.2) is 9.78 Å². The molecular weight excluding hydrogens is 282 g/mol. The normalized spacial score (nSPS) is 10.5. The molecule has 0 fully saturated rings. The number of esters is 1. The highest BCUT2D eigenvalue weighted by atomic mass is 35.5. The molecular formula is C9H8ClN3O2S2. The molecule has 0 aliphatic carbocycles. The Bertz CT molecular complexity index is 552. The van der Waals surface area contributed by atoms with Gasteiger partial charge in [0.25, 0.3) is 0 Å². The lowest BCUT2D eigenvalue weighted by molar-refractivity contribution is 0.0606. The maximum Gasteiger partial charge on any atom is 0.351 e. The minimum absolute atomic E-state index is 0.174. The Morgan fingerprint density at radius 1 is 1.65 bits per heavy atom. The van der Waals surface area contributed by atoms with Gasteiger partial charge in [0.2, 0.25) is 0 Å². The fourth-order valence-electron chi connectivity index (χ4n) is 1.10. The smallest absolute Gasteiger partial charge is 0.351 e. The van der Waals surface area contributed by atoms with Crippen LogP contribution < -0.4 is 0 Å². The topological polar surface area (TPSA) is 57.0 Å². The average Bonchev–Trinajstić information content (AvgIpc) is 2.85. The molecule has 2 aromatic rings. The molecule has 0 saturated heterocycles. The Kier molecular flexibility index (Phi) is 3.70. The van der Waals surface area contributed by atoms with E-state index >= 15 is 0 Å². The molecule has 90 valence electrons. The van der Waals surface area contributed by atoms with E-state index in [-0.39, 0.29) is 5.15 Å². The van der Waals surface area contributed by atoms with Gasteiger partial charge < -0.3 is 4.74 Å². The summed E-state index contributed by atoms with van der Waals surface area (Å²) in [4.78, 5) is 16.7. The predicted octanol–water partition coefficient (Wildman–Crippen LogP) is 2.47. The van der Waals surface area contributed by atoms with Crippen LogP contribution >= 0.6 is 34.7 Å². The number of carbonyl (C=O) groups is 1. The first-order valence-electron chi connectivity index (χ1n) is 4.51. The van der Waals surface area contributed by atoms with Crippen LogP contribution in [0, 0.1) is 0 Å². The molecule has 2 aromatic heterocycles. The summed E-state index contributed by atoms with van der Waals surface area (Å²) in [5.41, 5.74) is 0. The Labute approximate surface area is 111 Å². The van der Waals surface area contributed by atoms with Crippen LogP contribution in [0.3, 0.4) is 0 Å². The number of nitrogens with zero attached hydrogens (tertiary/aromatic N) is 3. The highest BCUT2D eigenvalue weighted by Gasteiger charge is 2.18. The zero-order chi connectivity index (χ0) is 12.4. The number of hydrogen-bond donors (Lipinski definition) is 0. The van der Waals surface area contributed by atoms with Crippen molar-refractivity contribution >= 4 is 40.7 Å². The molecule has 0 bridgehead atoms. The molecule has 0 saturated carbocycles. The minimum atomic E-state index is -0.467. The van der Waals surface area contributed by atoms with Gasteiger partial charge in [-0.1, -0.05) is 34.7 Å². The molecule has 0 atom stereocenters. The average molecular weight is 290 g/mol. The maximum atomic E-state index is 11.3. The first-order chi connectivity index (χ1) is 8.10. The van der Waals surface area contributed by atoms with Crippen LogP contribution in [0.15, 0.2) is 21.6 Å². The van der Waals surface area contributed by atoms with E-state index in [1.807, 2.05) is 13.2 Å². The van der Waals surface area contributed by atoms with Crippen molar-refractivity contribution in [2.24, 2.45) is 7.05 Å². The molecule has 0 aromatic carbocycles. The zero-order valence-electron chi connectivity index (χ0n) is 9.01. The second-order valence-corrected chi connectivity index (χ2v) is 5.72. The monoisotopic (exact) mass is 289 g/mol. The Morgan fingerprint density at radius 3 is 3.00 bits per heavy atom. The second-order valence-electron chi connectivity index (χ2n) is 3.04. The van der Waals surface area contributed by atoms with E-state index in [1.54, 1.807) is 10.9 Å². The fourth-order valence-corrected chi connectivity index (χ4v) is 3.43. The molecule has 0 aliphatic rings. The van der Waals surface area contributed by atoms with E-state index < -0.39 is 5.97 Å². The summed E-state index contributed by atoms with van der Waals surface area (Å²) >= 11 is 8.46. The lowest BCUT2D eigenvalue weighted by Crippen LogP contribution is -1.98. The van der Waals surface area contributed by atoms with Crippen molar-refractivity contribution in [1.29, 1.82) is 0 Å². The standard InChI is InChI=1S/C9H8ClN3O2S2/c1-13-4-5(3-11-13)16-9-12-7(10)6(17-9)8(14)15-2/h3-4H,1-2H3. The maximum absolute atomic E-state index is 11.3. The van der Waals surface area contributed by atoms with E-state index in [0.29, 0.717) is 9.22 Å². The van der Waals surface area contributed by atoms with Gasteiger partial charge in [0, 0.05) is 13.2 Å². The number of hydrogen-bond acceptors (Lipinski definition) is 6. The van der Waals surface area contributed by atoms with Crippen LogP contribution in [-0.4, -0.2) is 27.8 Å². The molecule has 0 amide bonds. The van der Waals surface area contributed by atoms with Gasteiger partial charge in [-0.05, 0) is 0 Å². The summed E-state index contributed by atoms with van der Waals surface area (Å²) in [5.74, 6) is -0.467. The number of halogens is 1. The quantitative estimate of drug-likeness (QED) is 0.813. The van der Waals surface area contributed by atoms with Gasteiger partial charge in [0.1, 0.15) is 0 Å². The summed E-state index contributed by atoms with van der Waals surface area (Å²) < 4.78 is 6.98. The molecule has 0 radical (unpaired) electrons. The fraction of sp³-hybridized carbons (Fsp3) is 0.222. The van der Waals surface area contributed by atoms with E-state index in [9.17, 15) is 4.79 Å². The Morgan fingerprint density at radius 2 is 2.41 bits per heavy atom. The molecule has 8 heteroatoms. The third kappa shape index (κ3) is 2.80. The van der Waals surface area contributed by atoms with Crippen molar-refractivity contribution in [1.82, 2.24) is 14.8 Å². The molecule has 0 spiro atoms. The van der Waals surface area contributed by atoms with Crippen LogP contribution in [0.25, 0.3) is 0 Å². The number of carbonyl (C=O) groups excluding carboxylic acids is 1. The largest absolute Gasteiger partial charge is 0.465 e. The molecule has 2 rings (SSSR count). The molecule has 5 nitrogen and oxygen atoms in total. The number of aryl methyl sites for hydroxylation is 1. The molecule has 0 N–H and O–H groups in total. The SMILES string of the molecule is COC(=O)c1sc(Sc2cnn(C)c2)nc1Cl. The summed E-state index contributed by atoms with van der Waals surface area (Å²) in [6, 6.07) is 0. The number of rotatable bonds is 3. The van der Waals surface area contributed by atoms with Crippen molar-refractivity contribution < 1.29 is 9.53 Å². The van der Waals surface area contributed by atoms with E-state index in [2.05, 4.69) is 14.8 Å². The van der Waals surface area contributed by atoms with Gasteiger partial charge in [-0.2, -0.15) is 5.10 Å². The van der Waals surface area contributed by atoms with Crippen molar-refractivity contribution in [2.75, 3.05) is 7.11 Å². The molecule has 0 aliphatic heterocycles. The Hall–Kier alpha value is -1.05. The third-order valence-corrected chi connectivity index (χ3v) is 4.25. The van der Waals surface area contributed by atoms with Crippen LogP contribution in [0.5, 0.6) is 0 Å². The van der Waals surface area contributed by atoms with Crippen LogP contribution in [0.2, 0.25) is 5.15 Å². The van der Waals surface area contributed by atoms with E-state index in [0.717, 1.165) is 4.90 Å². The van der Waals surface area contributed by atoms with E-state index in [4.69, 9.17) is 11.6 Å². The number of aromatic nitrogens is 3. The predicted molar refractivity (Wildman–Crippen MR) is 65.8 cm³/mol. The number of methoxy groups -OCH3 is 1. The minimum Gasteiger partial charge on any atom is -0.465 e. The van der Waals surface area contributed by atoms with Crippen LogP contribution in [-0.2, 0) is 11.8 Å². The Balaban J connectivity index is 2.20. The lowest BCUT2D eigenvalue weighted by atomic mass is 10.6. The first kappa shape index (κ1) is 12.4. The second kappa shape index (κ2) is 5.07. The summed E-state index contributed by atoms with van der Waals surface area (Å²) in [6.07, 6.45) is 3.58. The van der Waals surface area contributed by atoms with Gasteiger partial charge in [-0.3, -0.25) is 4.68 Å². The summed E-state index contributed by atoms with van der Waals surface area (Å²) in [5, 5.41) is 4.22. The van der Waals surface area contributed by atoms with Gasteiger partial charge in [-0.15, -0.1) is 0 Å². The van der Waals surface area contributed by atoms with Gasteiger partial charge >= 0.3 is 5.97 Å². The van der Waals surface area contributed by atoms with Gasteiger partial charge in [0.15, 0.2) is 14.4 Å². The first-order valence-corrected chi connectivity index (χ1v) is 6.52. The molecule has 0 unspecified atom stereocenters. The van der Waals surface area contributed by atoms with Crippen LogP contribution in [0.4, 0.5) is 0 Å². The van der Waals surface area contributed by atoms with Gasteiger partial charge in [0.05, 0.1) is 18.2 Å². The zero-order valence-corrected chi connectivity index (χ0v) is 11.4. The summed E-state index contributed by atoms with van der Waals surface area (Å²) in [6.45, 7) is 0. The molecule has 17 heavy (non-hydrogen) atoms. The third-order valence-electron chi connectivity index (χ3n) is 1.82. The van der Waals surface area contributed by atoms with E-state index in [1.165, 1.54) is 30.2 Å². The van der Waals surface area contributed by atoms with Crippen LogP contribution in [0.1, 0.15) is 9.67 Å². The summed E-state index contributed by atoms with van der Waals surface area (Å²) in [7, 11) is 3.14.